The number of benzene rings is 1. The predicted octanol–water partition coefficient (Wildman–Crippen LogP) is 3.38. The summed E-state index contributed by atoms with van der Waals surface area (Å²) >= 11 is 0. The molecule has 0 aliphatic rings. The Morgan fingerprint density at radius 3 is 2.70 bits per heavy atom. The number of pyridine rings is 1. The van der Waals surface area contributed by atoms with Crippen LogP contribution >= 0.6 is 0 Å². The van der Waals surface area contributed by atoms with Gasteiger partial charge in [-0.15, -0.1) is 0 Å². The molecule has 1 aromatic heterocycles. The predicted molar refractivity (Wildman–Crippen MR) is 61.8 cm³/mol. The first-order valence-corrected chi connectivity index (χ1v) is 5.10. The van der Waals surface area contributed by atoms with Crippen molar-refractivity contribution in [3.05, 3.63) is 45.7 Å². The number of ether oxygens (including phenoxy) is 1. The minimum absolute atomic E-state index is 0.308. The van der Waals surface area contributed by atoms with Gasteiger partial charge in [0.2, 0.25) is 0 Å². The van der Waals surface area contributed by atoms with Crippen molar-refractivity contribution in [2.45, 2.75) is 0 Å². The van der Waals surface area contributed by atoms with E-state index in [1.165, 1.54) is 0 Å². The van der Waals surface area contributed by atoms with Crippen molar-refractivity contribution in [2.75, 3.05) is 7.11 Å². The summed E-state index contributed by atoms with van der Waals surface area (Å²) in [6.07, 6.45) is 0.860. The van der Waals surface area contributed by atoms with Gasteiger partial charge < -0.3 is 4.74 Å². The molecule has 0 atom stereocenters. The van der Waals surface area contributed by atoms with E-state index in [2.05, 4.69) is 19.7 Å². The quantitative estimate of drug-likeness (QED) is 0.278. The molecule has 0 N–H and O–H groups in total. The largest absolute Gasteiger partial charge is 0.465 e. The first kappa shape index (κ1) is 13.6. The van der Waals surface area contributed by atoms with Crippen LogP contribution < -0.4 is 0 Å². The number of fused-ring (bicyclic) bond motifs is 1. The minimum Gasteiger partial charge on any atom is -0.465 e. The maximum absolute atomic E-state index is 13.8. The first-order valence-electron chi connectivity index (χ1n) is 5.10. The summed E-state index contributed by atoms with van der Waals surface area (Å²) in [4.78, 5) is 17.4. The molecule has 2 aromatic rings. The summed E-state index contributed by atoms with van der Waals surface area (Å²) < 4.78 is 45.0. The normalized spacial score (nSPS) is 10.2. The summed E-state index contributed by atoms with van der Waals surface area (Å²) in [5, 5.41) is 2.39. The van der Waals surface area contributed by atoms with Crippen molar-refractivity contribution in [3.8, 4) is 0 Å². The first-order chi connectivity index (χ1) is 9.51. The van der Waals surface area contributed by atoms with Gasteiger partial charge in [-0.1, -0.05) is 5.11 Å². The Kier molecular flexibility index (Phi) is 3.45. The summed E-state index contributed by atoms with van der Waals surface area (Å²) in [5.74, 6) is -5.09. The van der Waals surface area contributed by atoms with Crippen molar-refractivity contribution in [1.82, 2.24) is 4.98 Å². The van der Waals surface area contributed by atoms with E-state index in [1.807, 2.05) is 0 Å². The fourth-order valence-corrected chi connectivity index (χ4v) is 1.66. The van der Waals surface area contributed by atoms with Gasteiger partial charge in [0.25, 0.3) is 0 Å². The zero-order valence-electron chi connectivity index (χ0n) is 9.89. The molecular formula is C11H5F3N4O2. The maximum atomic E-state index is 13.8. The third-order valence-corrected chi connectivity index (χ3v) is 2.51. The van der Waals surface area contributed by atoms with Gasteiger partial charge in [-0.3, -0.25) is 4.98 Å². The van der Waals surface area contributed by atoms with E-state index < -0.39 is 45.6 Å². The second-order valence-electron chi connectivity index (χ2n) is 3.58. The Labute approximate surface area is 109 Å². The molecule has 0 aliphatic carbocycles. The number of aromatic nitrogens is 1. The topological polar surface area (TPSA) is 88.0 Å². The van der Waals surface area contributed by atoms with Gasteiger partial charge in [0.1, 0.15) is 5.52 Å². The second-order valence-corrected chi connectivity index (χ2v) is 3.58. The monoisotopic (exact) mass is 282 g/mol. The average Bonchev–Trinajstić information content (AvgIpc) is 2.44. The van der Waals surface area contributed by atoms with Crippen LogP contribution in [0.4, 0.5) is 18.9 Å². The van der Waals surface area contributed by atoms with Gasteiger partial charge >= 0.3 is 5.97 Å². The molecule has 0 unspecified atom stereocenters. The van der Waals surface area contributed by atoms with Gasteiger partial charge in [-0.25, -0.2) is 18.0 Å². The summed E-state index contributed by atoms with van der Waals surface area (Å²) in [7, 11) is 1.04. The van der Waals surface area contributed by atoms with Crippen molar-refractivity contribution in [1.29, 1.82) is 0 Å². The number of hydrogen-bond donors (Lipinski definition) is 0. The number of carbonyl (C=O) groups excluding carboxylic acids is 1. The molecule has 2 rings (SSSR count). The van der Waals surface area contributed by atoms with Crippen molar-refractivity contribution >= 4 is 22.6 Å². The fourth-order valence-electron chi connectivity index (χ4n) is 1.66. The number of nitrogens with zero attached hydrogens (tertiary/aromatic N) is 4. The molecule has 0 fully saturated rings. The Balaban J connectivity index is 3.01. The molecule has 0 spiro atoms. The van der Waals surface area contributed by atoms with Crippen molar-refractivity contribution < 1.29 is 22.7 Å². The lowest BCUT2D eigenvalue weighted by Crippen LogP contribution is -2.04. The second kappa shape index (κ2) is 5.06. The number of hydrogen-bond acceptors (Lipinski definition) is 4. The molecule has 9 heteroatoms. The zero-order chi connectivity index (χ0) is 14.9. The Hall–Kier alpha value is -2.80. The van der Waals surface area contributed by atoms with Crippen LogP contribution in [0, 0.1) is 17.5 Å². The van der Waals surface area contributed by atoms with Crippen LogP contribution in [0.2, 0.25) is 0 Å². The highest BCUT2D eigenvalue weighted by Gasteiger charge is 2.22. The zero-order valence-corrected chi connectivity index (χ0v) is 9.89. The van der Waals surface area contributed by atoms with Crippen LogP contribution in [0.3, 0.4) is 0 Å². The van der Waals surface area contributed by atoms with E-state index in [-0.39, 0.29) is 0 Å². The molecule has 0 saturated carbocycles. The lowest BCUT2D eigenvalue weighted by atomic mass is 10.1. The molecule has 20 heavy (non-hydrogen) atoms. The number of methoxy groups -OCH3 is 1. The smallest absolute Gasteiger partial charge is 0.339 e. The Morgan fingerprint density at radius 1 is 1.40 bits per heavy atom. The van der Waals surface area contributed by atoms with Gasteiger partial charge in [0, 0.05) is 17.2 Å². The highest BCUT2D eigenvalue weighted by Crippen LogP contribution is 2.33. The lowest BCUT2D eigenvalue weighted by molar-refractivity contribution is 0.0601. The van der Waals surface area contributed by atoms with Crippen LogP contribution in [-0.4, -0.2) is 18.1 Å². The van der Waals surface area contributed by atoms with E-state index in [1.54, 1.807) is 0 Å². The van der Waals surface area contributed by atoms with E-state index in [9.17, 15) is 18.0 Å². The van der Waals surface area contributed by atoms with Crippen molar-refractivity contribution in [2.24, 2.45) is 5.11 Å². The Bertz CT molecular complexity index is 772. The number of halogens is 3. The van der Waals surface area contributed by atoms with Crippen LogP contribution in [0.25, 0.3) is 21.3 Å². The van der Waals surface area contributed by atoms with Gasteiger partial charge in [0.05, 0.1) is 23.7 Å². The number of carbonyl (C=O) groups is 1. The summed E-state index contributed by atoms with van der Waals surface area (Å²) in [6.45, 7) is 0. The van der Waals surface area contributed by atoms with Crippen LogP contribution in [0.15, 0.2) is 17.4 Å². The standard InChI is InChI=1S/C11H5F3N4O2/c1-20-11(19)4-3-16-10-6(13)2-5(12)8(14)7(10)9(4)17-18-15/h2-3H,1H3. The summed E-state index contributed by atoms with van der Waals surface area (Å²) in [6, 6.07) is 0.308. The summed E-state index contributed by atoms with van der Waals surface area (Å²) in [5.41, 5.74) is 6.92. The molecule has 0 bridgehead atoms. The van der Waals surface area contributed by atoms with E-state index >= 15 is 0 Å². The molecular weight excluding hydrogens is 277 g/mol. The molecule has 1 aromatic carbocycles. The molecule has 6 nitrogen and oxygen atoms in total. The minimum atomic E-state index is -1.49. The molecule has 0 radical (unpaired) electrons. The number of esters is 1. The third kappa shape index (κ3) is 1.99. The van der Waals surface area contributed by atoms with Crippen molar-refractivity contribution in [3.63, 3.8) is 0 Å². The van der Waals surface area contributed by atoms with Gasteiger partial charge in [-0.2, -0.15) is 0 Å². The van der Waals surface area contributed by atoms with Gasteiger partial charge in [-0.05, 0) is 5.53 Å². The van der Waals surface area contributed by atoms with E-state index in [0.29, 0.717) is 6.07 Å². The van der Waals surface area contributed by atoms with Gasteiger partial charge in [0.15, 0.2) is 17.5 Å². The average molecular weight is 282 g/mol. The molecule has 102 valence electrons. The molecule has 0 aliphatic heterocycles. The maximum Gasteiger partial charge on any atom is 0.339 e. The molecule has 1 heterocycles. The highest BCUT2D eigenvalue weighted by molar-refractivity contribution is 6.03. The van der Waals surface area contributed by atoms with Crippen LogP contribution in [0.5, 0.6) is 0 Å². The van der Waals surface area contributed by atoms with Crippen LogP contribution in [-0.2, 0) is 4.74 Å². The number of azide groups is 1. The third-order valence-electron chi connectivity index (χ3n) is 2.51. The molecule has 0 saturated heterocycles. The fraction of sp³-hybridized carbons (Fsp3) is 0.0909. The number of rotatable bonds is 2. The lowest BCUT2D eigenvalue weighted by Gasteiger charge is -2.08. The van der Waals surface area contributed by atoms with E-state index in [4.69, 9.17) is 5.53 Å². The van der Waals surface area contributed by atoms with Crippen LogP contribution in [0.1, 0.15) is 10.4 Å². The Morgan fingerprint density at radius 2 is 2.10 bits per heavy atom. The highest BCUT2D eigenvalue weighted by atomic mass is 19.2. The SMILES string of the molecule is COC(=O)c1cnc2c(F)cc(F)c(F)c2c1N=[N+]=[N-]. The molecule has 0 amide bonds. The van der Waals surface area contributed by atoms with E-state index in [0.717, 1.165) is 13.3 Å².